The summed E-state index contributed by atoms with van der Waals surface area (Å²) in [6.45, 7) is 2.58. The largest absolute Gasteiger partial charge is 0.492 e. The molecule has 1 fully saturated rings. The molecule has 0 bridgehead atoms. The molecular weight excluding hydrogens is 394 g/mol. The SMILES string of the molecule is Bn1nnc(-c2ccnc(-c3ncn(C)c3-c3ccc(F)cc3OCC3CC3)c2)c1C. The van der Waals surface area contributed by atoms with Crippen molar-refractivity contribution >= 4 is 7.98 Å². The molecule has 5 rings (SSSR count). The highest BCUT2D eigenvalue weighted by Gasteiger charge is 2.24. The van der Waals surface area contributed by atoms with Crippen LogP contribution in [0.4, 0.5) is 4.39 Å². The van der Waals surface area contributed by atoms with Gasteiger partial charge in [0, 0.05) is 36.1 Å². The Hall–Kier alpha value is -3.49. The number of aromatic nitrogens is 6. The second kappa shape index (κ2) is 7.65. The van der Waals surface area contributed by atoms with Crippen molar-refractivity contribution < 1.29 is 9.13 Å². The van der Waals surface area contributed by atoms with Crippen LogP contribution in [0.1, 0.15) is 18.5 Å². The summed E-state index contributed by atoms with van der Waals surface area (Å²) in [7, 11) is 3.78. The first-order chi connectivity index (χ1) is 15.0. The van der Waals surface area contributed by atoms with E-state index in [1.807, 2.05) is 38.7 Å². The molecule has 0 aliphatic heterocycles. The van der Waals surface area contributed by atoms with E-state index in [-0.39, 0.29) is 5.82 Å². The molecule has 0 saturated heterocycles. The summed E-state index contributed by atoms with van der Waals surface area (Å²) in [5, 5.41) is 8.37. The van der Waals surface area contributed by atoms with Crippen molar-refractivity contribution in [2.75, 3.05) is 6.61 Å². The second-order valence-electron chi connectivity index (χ2n) is 8.02. The molecule has 1 aliphatic rings. The van der Waals surface area contributed by atoms with Crippen molar-refractivity contribution in [2.45, 2.75) is 19.8 Å². The van der Waals surface area contributed by atoms with Gasteiger partial charge in [0.05, 0.1) is 24.3 Å². The van der Waals surface area contributed by atoms with E-state index >= 15 is 0 Å². The molecule has 0 spiro atoms. The number of aryl methyl sites for hydroxylation is 1. The summed E-state index contributed by atoms with van der Waals surface area (Å²) in [5.41, 5.74) is 5.71. The highest BCUT2D eigenvalue weighted by Crippen LogP contribution is 2.38. The fraction of sp³-hybridized carbons (Fsp3) is 0.273. The third-order valence-electron chi connectivity index (χ3n) is 5.69. The fourth-order valence-corrected chi connectivity index (χ4v) is 3.62. The highest BCUT2D eigenvalue weighted by molar-refractivity contribution is 6.06. The van der Waals surface area contributed by atoms with Gasteiger partial charge >= 0.3 is 0 Å². The maximum Gasteiger partial charge on any atom is 0.251 e. The van der Waals surface area contributed by atoms with E-state index in [0.29, 0.717) is 29.7 Å². The molecule has 1 saturated carbocycles. The molecule has 4 aromatic rings. The van der Waals surface area contributed by atoms with Gasteiger partial charge in [-0.3, -0.25) is 4.98 Å². The molecule has 0 atom stereocenters. The van der Waals surface area contributed by atoms with Crippen LogP contribution in [0, 0.1) is 18.7 Å². The normalized spacial score (nSPS) is 13.5. The van der Waals surface area contributed by atoms with Gasteiger partial charge in [-0.2, -0.15) is 0 Å². The molecule has 7 nitrogen and oxygen atoms in total. The average Bonchev–Trinajstić information content (AvgIpc) is 3.44. The monoisotopic (exact) mass is 416 g/mol. The van der Waals surface area contributed by atoms with E-state index in [0.717, 1.165) is 28.2 Å². The number of ether oxygens (including phenoxy) is 1. The maximum absolute atomic E-state index is 14.0. The molecule has 9 heteroatoms. The quantitative estimate of drug-likeness (QED) is 0.452. The Labute approximate surface area is 180 Å². The minimum absolute atomic E-state index is 0.323. The van der Waals surface area contributed by atoms with E-state index in [1.54, 1.807) is 23.2 Å². The summed E-state index contributed by atoms with van der Waals surface area (Å²) in [4.78, 5) is 9.16. The fourth-order valence-electron chi connectivity index (χ4n) is 3.62. The summed E-state index contributed by atoms with van der Waals surface area (Å²) in [5.74, 6) is 0.768. The summed E-state index contributed by atoms with van der Waals surface area (Å²) >= 11 is 0. The Kier molecular flexibility index (Phi) is 4.80. The standard InChI is InChI=1S/C22H22BFN6O/c1-13-20(27-28-30(13)23)15-7-8-25-18(9-15)21-22(29(2)12-26-21)17-6-5-16(24)10-19(17)31-11-14-3-4-14/h5-10,12,14H,3-4,11,23H2,1-2H3. The number of hydrogen-bond acceptors (Lipinski definition) is 5. The zero-order chi connectivity index (χ0) is 21.5. The maximum atomic E-state index is 14.0. The lowest BCUT2D eigenvalue weighted by Crippen LogP contribution is -2.03. The molecule has 1 aliphatic carbocycles. The van der Waals surface area contributed by atoms with Crippen molar-refractivity contribution in [3.63, 3.8) is 0 Å². The Bertz CT molecular complexity index is 1260. The first kappa shape index (κ1) is 19.5. The van der Waals surface area contributed by atoms with E-state index in [9.17, 15) is 4.39 Å². The lowest BCUT2D eigenvalue weighted by Gasteiger charge is -2.13. The average molecular weight is 416 g/mol. The number of rotatable bonds is 6. The molecule has 1 aromatic carbocycles. The van der Waals surface area contributed by atoms with Crippen LogP contribution in [0.5, 0.6) is 5.75 Å². The van der Waals surface area contributed by atoms with E-state index in [1.165, 1.54) is 25.0 Å². The first-order valence-corrected chi connectivity index (χ1v) is 10.3. The molecule has 3 heterocycles. The zero-order valence-electron chi connectivity index (χ0n) is 17.7. The van der Waals surface area contributed by atoms with Crippen LogP contribution in [0.25, 0.3) is 33.9 Å². The van der Waals surface area contributed by atoms with Crippen molar-refractivity contribution in [1.29, 1.82) is 0 Å². The first-order valence-electron chi connectivity index (χ1n) is 10.3. The number of halogens is 1. The number of nitrogens with zero attached hydrogens (tertiary/aromatic N) is 6. The van der Waals surface area contributed by atoms with Gasteiger partial charge in [0.2, 0.25) is 0 Å². The van der Waals surface area contributed by atoms with Crippen LogP contribution in [0.15, 0.2) is 42.9 Å². The molecule has 3 aromatic heterocycles. The predicted octanol–water partition coefficient (Wildman–Crippen LogP) is 3.04. The van der Waals surface area contributed by atoms with Crippen LogP contribution in [0.3, 0.4) is 0 Å². The van der Waals surface area contributed by atoms with Crippen LogP contribution in [0.2, 0.25) is 0 Å². The number of benzene rings is 1. The van der Waals surface area contributed by atoms with Crippen molar-refractivity contribution in [3.8, 4) is 39.7 Å². The molecule has 156 valence electrons. The zero-order valence-corrected chi connectivity index (χ0v) is 17.7. The molecule has 0 unspecified atom stereocenters. The Morgan fingerprint density at radius 2 is 2.00 bits per heavy atom. The Morgan fingerprint density at radius 3 is 2.74 bits per heavy atom. The molecule has 31 heavy (non-hydrogen) atoms. The van der Waals surface area contributed by atoms with Gasteiger partial charge in [0.15, 0.2) is 0 Å². The van der Waals surface area contributed by atoms with Crippen LogP contribution in [-0.4, -0.2) is 44.0 Å². The van der Waals surface area contributed by atoms with Crippen molar-refractivity contribution in [3.05, 3.63) is 54.4 Å². The number of pyridine rings is 1. The predicted molar refractivity (Wildman–Crippen MR) is 118 cm³/mol. The highest BCUT2D eigenvalue weighted by atomic mass is 19.1. The molecular formula is C22H22BFN6O. The third kappa shape index (κ3) is 3.71. The van der Waals surface area contributed by atoms with Crippen LogP contribution < -0.4 is 4.74 Å². The Morgan fingerprint density at radius 1 is 1.16 bits per heavy atom. The minimum Gasteiger partial charge on any atom is -0.492 e. The van der Waals surface area contributed by atoms with E-state index < -0.39 is 0 Å². The lowest BCUT2D eigenvalue weighted by atomic mass is 10.0. The Balaban J connectivity index is 1.59. The van der Waals surface area contributed by atoms with Gasteiger partial charge in [-0.05, 0) is 49.9 Å². The van der Waals surface area contributed by atoms with E-state index in [4.69, 9.17) is 4.74 Å². The van der Waals surface area contributed by atoms with Crippen LogP contribution >= 0.6 is 0 Å². The number of hydrogen-bond donors (Lipinski definition) is 0. The minimum atomic E-state index is -0.323. The summed E-state index contributed by atoms with van der Waals surface area (Å²) in [6.07, 6.45) is 5.81. The number of imidazole rings is 1. The second-order valence-corrected chi connectivity index (χ2v) is 8.02. The van der Waals surface area contributed by atoms with Gasteiger partial charge < -0.3 is 13.9 Å². The van der Waals surface area contributed by atoms with Gasteiger partial charge in [0.1, 0.15) is 23.0 Å². The smallest absolute Gasteiger partial charge is 0.251 e. The van der Waals surface area contributed by atoms with Gasteiger partial charge in [-0.25, -0.2) is 9.37 Å². The summed E-state index contributed by atoms with van der Waals surface area (Å²) in [6, 6.07) is 8.50. The van der Waals surface area contributed by atoms with Crippen LogP contribution in [-0.2, 0) is 7.05 Å². The molecule has 0 radical (unpaired) electrons. The van der Waals surface area contributed by atoms with Gasteiger partial charge in [-0.1, -0.05) is 5.21 Å². The molecule has 0 N–H and O–H groups in total. The summed E-state index contributed by atoms with van der Waals surface area (Å²) < 4.78 is 23.7. The van der Waals surface area contributed by atoms with Gasteiger partial charge in [-0.15, -0.1) is 5.10 Å². The molecule has 0 amide bonds. The lowest BCUT2D eigenvalue weighted by molar-refractivity contribution is 0.299. The van der Waals surface area contributed by atoms with Gasteiger partial charge in [0.25, 0.3) is 7.98 Å². The van der Waals surface area contributed by atoms with Crippen molar-refractivity contribution in [1.82, 2.24) is 29.4 Å². The van der Waals surface area contributed by atoms with E-state index in [2.05, 4.69) is 20.3 Å². The topological polar surface area (TPSA) is 70.7 Å². The van der Waals surface area contributed by atoms with Crippen molar-refractivity contribution in [2.24, 2.45) is 13.0 Å². The third-order valence-corrected chi connectivity index (χ3v) is 5.69.